The Labute approximate surface area is 86.8 Å². The van der Waals surface area contributed by atoms with Gasteiger partial charge in [0.2, 0.25) is 0 Å². The SMILES string of the molecule is CC(C)=CCNCc1cccc(C)c1. The zero-order valence-electron chi connectivity index (χ0n) is 9.30. The zero-order valence-corrected chi connectivity index (χ0v) is 9.30. The Bertz CT molecular complexity index is 309. The Balaban J connectivity index is 2.35. The average molecular weight is 189 g/mol. The molecule has 1 N–H and O–H groups in total. The first-order valence-corrected chi connectivity index (χ1v) is 5.08. The van der Waals surface area contributed by atoms with Crippen molar-refractivity contribution in [3.05, 3.63) is 47.0 Å². The fourth-order valence-electron chi connectivity index (χ4n) is 1.31. The van der Waals surface area contributed by atoms with Gasteiger partial charge in [-0.3, -0.25) is 0 Å². The molecule has 0 aliphatic carbocycles. The maximum Gasteiger partial charge on any atom is 0.0208 e. The summed E-state index contributed by atoms with van der Waals surface area (Å²) in [6.45, 7) is 8.27. The van der Waals surface area contributed by atoms with E-state index in [0.29, 0.717) is 0 Å². The Morgan fingerprint density at radius 2 is 2.14 bits per heavy atom. The molecule has 0 amide bonds. The Morgan fingerprint density at radius 1 is 1.36 bits per heavy atom. The van der Waals surface area contributed by atoms with Crippen LogP contribution in [-0.4, -0.2) is 6.54 Å². The van der Waals surface area contributed by atoms with E-state index in [0.717, 1.165) is 13.1 Å². The molecule has 0 radical (unpaired) electrons. The van der Waals surface area contributed by atoms with E-state index in [1.807, 2.05) is 0 Å². The van der Waals surface area contributed by atoms with Crippen LogP contribution in [0.15, 0.2) is 35.9 Å². The average Bonchev–Trinajstić information content (AvgIpc) is 2.12. The van der Waals surface area contributed by atoms with Crippen LogP contribution in [0, 0.1) is 6.92 Å². The summed E-state index contributed by atoms with van der Waals surface area (Å²) in [4.78, 5) is 0. The summed E-state index contributed by atoms with van der Waals surface area (Å²) in [5.74, 6) is 0. The van der Waals surface area contributed by atoms with Crippen LogP contribution < -0.4 is 5.32 Å². The highest BCUT2D eigenvalue weighted by Crippen LogP contribution is 2.02. The van der Waals surface area contributed by atoms with Gasteiger partial charge in [-0.15, -0.1) is 0 Å². The largest absolute Gasteiger partial charge is 0.309 e. The van der Waals surface area contributed by atoms with E-state index in [1.54, 1.807) is 0 Å². The van der Waals surface area contributed by atoms with E-state index in [9.17, 15) is 0 Å². The molecule has 0 unspecified atom stereocenters. The number of rotatable bonds is 4. The second-order valence-corrected chi connectivity index (χ2v) is 3.90. The van der Waals surface area contributed by atoms with Gasteiger partial charge in [0.05, 0.1) is 0 Å². The third-order valence-electron chi connectivity index (χ3n) is 2.07. The highest BCUT2D eigenvalue weighted by atomic mass is 14.8. The van der Waals surface area contributed by atoms with Crippen LogP contribution in [0.25, 0.3) is 0 Å². The van der Waals surface area contributed by atoms with Crippen LogP contribution in [-0.2, 0) is 6.54 Å². The maximum absolute atomic E-state index is 3.38. The number of allylic oxidation sites excluding steroid dienone is 1. The Hall–Kier alpha value is -1.08. The van der Waals surface area contributed by atoms with Crippen molar-refractivity contribution in [1.29, 1.82) is 0 Å². The van der Waals surface area contributed by atoms with Crippen LogP contribution in [0.3, 0.4) is 0 Å². The smallest absolute Gasteiger partial charge is 0.0208 e. The molecule has 0 bridgehead atoms. The van der Waals surface area contributed by atoms with E-state index in [-0.39, 0.29) is 0 Å². The van der Waals surface area contributed by atoms with Gasteiger partial charge in [-0.2, -0.15) is 0 Å². The number of aryl methyl sites for hydroxylation is 1. The summed E-state index contributed by atoms with van der Waals surface area (Å²) in [6.07, 6.45) is 2.20. The molecule has 0 aromatic heterocycles. The fraction of sp³-hybridized carbons (Fsp3) is 0.385. The van der Waals surface area contributed by atoms with Gasteiger partial charge in [0.15, 0.2) is 0 Å². The lowest BCUT2D eigenvalue weighted by atomic mass is 10.1. The molecule has 0 aliphatic heterocycles. The van der Waals surface area contributed by atoms with Crippen LogP contribution in [0.2, 0.25) is 0 Å². The lowest BCUT2D eigenvalue weighted by Crippen LogP contribution is -2.13. The predicted octanol–water partition coefficient (Wildman–Crippen LogP) is 3.05. The molecule has 0 aliphatic rings. The van der Waals surface area contributed by atoms with E-state index in [2.05, 4.69) is 56.4 Å². The van der Waals surface area contributed by atoms with Crippen molar-refractivity contribution >= 4 is 0 Å². The highest BCUT2D eigenvalue weighted by molar-refractivity contribution is 5.22. The molecular weight excluding hydrogens is 170 g/mol. The standard InChI is InChI=1S/C13H19N/c1-11(2)7-8-14-10-13-6-4-5-12(3)9-13/h4-7,9,14H,8,10H2,1-3H3. The van der Waals surface area contributed by atoms with Gasteiger partial charge in [0, 0.05) is 13.1 Å². The summed E-state index contributed by atoms with van der Waals surface area (Å²) in [5.41, 5.74) is 4.04. The predicted molar refractivity (Wildman–Crippen MR) is 62.3 cm³/mol. The third-order valence-corrected chi connectivity index (χ3v) is 2.07. The minimum Gasteiger partial charge on any atom is -0.309 e. The van der Waals surface area contributed by atoms with E-state index in [1.165, 1.54) is 16.7 Å². The second-order valence-electron chi connectivity index (χ2n) is 3.90. The molecule has 76 valence electrons. The summed E-state index contributed by atoms with van der Waals surface area (Å²) in [7, 11) is 0. The molecule has 1 aromatic carbocycles. The first-order chi connectivity index (χ1) is 6.68. The van der Waals surface area contributed by atoms with Crippen molar-refractivity contribution in [3.63, 3.8) is 0 Å². The molecule has 0 spiro atoms. The minimum atomic E-state index is 0.950. The molecule has 0 fully saturated rings. The molecule has 14 heavy (non-hydrogen) atoms. The summed E-state index contributed by atoms with van der Waals surface area (Å²) in [6, 6.07) is 8.60. The first kappa shape index (κ1) is 11.0. The summed E-state index contributed by atoms with van der Waals surface area (Å²) < 4.78 is 0. The van der Waals surface area contributed by atoms with Gasteiger partial charge in [0.25, 0.3) is 0 Å². The highest BCUT2D eigenvalue weighted by Gasteiger charge is 1.91. The van der Waals surface area contributed by atoms with Gasteiger partial charge < -0.3 is 5.32 Å². The van der Waals surface area contributed by atoms with Crippen molar-refractivity contribution in [1.82, 2.24) is 5.32 Å². The van der Waals surface area contributed by atoms with Crippen molar-refractivity contribution in [2.75, 3.05) is 6.54 Å². The lowest BCUT2D eigenvalue weighted by molar-refractivity contribution is 0.756. The van der Waals surface area contributed by atoms with Crippen molar-refractivity contribution in [2.45, 2.75) is 27.3 Å². The molecule has 0 heterocycles. The van der Waals surface area contributed by atoms with Crippen molar-refractivity contribution in [3.8, 4) is 0 Å². The van der Waals surface area contributed by atoms with E-state index >= 15 is 0 Å². The number of benzene rings is 1. The first-order valence-electron chi connectivity index (χ1n) is 5.08. The van der Waals surface area contributed by atoms with E-state index < -0.39 is 0 Å². The second kappa shape index (κ2) is 5.61. The van der Waals surface area contributed by atoms with E-state index in [4.69, 9.17) is 0 Å². The van der Waals surface area contributed by atoms with Crippen LogP contribution in [0.4, 0.5) is 0 Å². The van der Waals surface area contributed by atoms with Gasteiger partial charge in [-0.1, -0.05) is 41.5 Å². The van der Waals surface area contributed by atoms with Crippen molar-refractivity contribution < 1.29 is 0 Å². The van der Waals surface area contributed by atoms with Gasteiger partial charge in [-0.25, -0.2) is 0 Å². The summed E-state index contributed by atoms with van der Waals surface area (Å²) >= 11 is 0. The zero-order chi connectivity index (χ0) is 10.4. The normalized spacial score (nSPS) is 9.93. The molecule has 1 aromatic rings. The summed E-state index contributed by atoms with van der Waals surface area (Å²) in [5, 5.41) is 3.38. The van der Waals surface area contributed by atoms with Crippen LogP contribution in [0.1, 0.15) is 25.0 Å². The molecule has 0 saturated heterocycles. The van der Waals surface area contributed by atoms with Crippen LogP contribution in [0.5, 0.6) is 0 Å². The van der Waals surface area contributed by atoms with Gasteiger partial charge in [-0.05, 0) is 26.3 Å². The molecule has 1 nitrogen and oxygen atoms in total. The monoisotopic (exact) mass is 189 g/mol. The fourth-order valence-corrected chi connectivity index (χ4v) is 1.31. The Kier molecular flexibility index (Phi) is 4.41. The quantitative estimate of drug-likeness (QED) is 0.567. The van der Waals surface area contributed by atoms with Gasteiger partial charge >= 0.3 is 0 Å². The number of hydrogen-bond donors (Lipinski definition) is 1. The minimum absolute atomic E-state index is 0.950. The lowest BCUT2D eigenvalue weighted by Gasteiger charge is -2.03. The molecule has 0 saturated carbocycles. The van der Waals surface area contributed by atoms with Crippen molar-refractivity contribution in [2.24, 2.45) is 0 Å². The molecular formula is C13H19N. The Morgan fingerprint density at radius 3 is 2.79 bits per heavy atom. The third kappa shape index (κ3) is 4.24. The molecule has 1 heteroatoms. The maximum atomic E-state index is 3.38. The number of hydrogen-bond acceptors (Lipinski definition) is 1. The topological polar surface area (TPSA) is 12.0 Å². The van der Waals surface area contributed by atoms with Gasteiger partial charge in [0.1, 0.15) is 0 Å². The number of nitrogens with one attached hydrogen (secondary N) is 1. The molecule has 1 rings (SSSR count). The molecule has 0 atom stereocenters. The van der Waals surface area contributed by atoms with Crippen LogP contribution >= 0.6 is 0 Å².